The molecule has 3 N–H and O–H groups in total. The summed E-state index contributed by atoms with van der Waals surface area (Å²) in [5.74, 6) is 0. The van der Waals surface area contributed by atoms with Gasteiger partial charge in [0.1, 0.15) is 0 Å². The number of nitrogens with zero attached hydrogens (tertiary/aromatic N) is 2. The lowest BCUT2D eigenvalue weighted by atomic mass is 10.2. The zero-order valence-electron chi connectivity index (χ0n) is 10.1. The maximum atomic E-state index is 5.82. The zero-order valence-corrected chi connectivity index (χ0v) is 10.1. The topological polar surface area (TPSA) is 63.4 Å². The van der Waals surface area contributed by atoms with Crippen LogP contribution in [0.4, 0.5) is 5.69 Å². The Morgan fingerprint density at radius 1 is 1.41 bits per heavy atom. The number of nitrogens with one attached hydrogen (secondary N) is 1. The van der Waals surface area contributed by atoms with Crippen LogP contribution in [0, 0.1) is 0 Å². The maximum Gasteiger partial charge on any atom is 0.0594 e. The van der Waals surface area contributed by atoms with Crippen LogP contribution in [0.5, 0.6) is 0 Å². The Morgan fingerprint density at radius 3 is 3.00 bits per heavy atom. The molecule has 5 nitrogen and oxygen atoms in total. The Labute approximate surface area is 102 Å². The van der Waals surface area contributed by atoms with Gasteiger partial charge >= 0.3 is 0 Å². The van der Waals surface area contributed by atoms with Crippen LogP contribution in [0.2, 0.25) is 0 Å². The van der Waals surface area contributed by atoms with Gasteiger partial charge in [0.05, 0.1) is 25.1 Å². The molecule has 2 rings (SSSR count). The lowest BCUT2D eigenvalue weighted by Crippen LogP contribution is -2.40. The van der Waals surface area contributed by atoms with Crippen LogP contribution in [0.25, 0.3) is 0 Å². The van der Waals surface area contributed by atoms with Crippen molar-refractivity contribution in [2.75, 3.05) is 45.1 Å². The van der Waals surface area contributed by atoms with Gasteiger partial charge in [0, 0.05) is 38.9 Å². The molecule has 0 spiro atoms. The van der Waals surface area contributed by atoms with E-state index in [1.54, 1.807) is 12.4 Å². The number of nitrogens with two attached hydrogens (primary N) is 1. The van der Waals surface area contributed by atoms with Gasteiger partial charge in [0.2, 0.25) is 0 Å². The minimum Gasteiger partial charge on any atom is -0.397 e. The van der Waals surface area contributed by atoms with Crippen LogP contribution in [0.15, 0.2) is 18.5 Å². The first-order chi connectivity index (χ1) is 8.36. The van der Waals surface area contributed by atoms with Gasteiger partial charge in [-0.2, -0.15) is 0 Å². The molecule has 1 saturated heterocycles. The quantitative estimate of drug-likeness (QED) is 0.709. The zero-order chi connectivity index (χ0) is 11.9. The van der Waals surface area contributed by atoms with Crippen molar-refractivity contribution in [1.82, 2.24) is 15.2 Å². The van der Waals surface area contributed by atoms with Gasteiger partial charge in [0.15, 0.2) is 0 Å². The standard InChI is InChI=1S/C12H20N4O/c13-12-10-14-2-1-11(12)9-15-3-4-16-5-7-17-8-6-16/h1-2,10,15H,3-9,13H2. The van der Waals surface area contributed by atoms with Crippen LogP contribution in [-0.2, 0) is 11.3 Å². The SMILES string of the molecule is Nc1cnccc1CNCCN1CCOCC1. The van der Waals surface area contributed by atoms with Crippen molar-refractivity contribution in [3.05, 3.63) is 24.0 Å². The normalized spacial score (nSPS) is 17.2. The van der Waals surface area contributed by atoms with E-state index < -0.39 is 0 Å². The smallest absolute Gasteiger partial charge is 0.0594 e. The summed E-state index contributed by atoms with van der Waals surface area (Å²) in [5, 5.41) is 3.40. The predicted molar refractivity (Wildman–Crippen MR) is 67.6 cm³/mol. The first kappa shape index (κ1) is 12.3. The number of hydrogen-bond donors (Lipinski definition) is 2. The van der Waals surface area contributed by atoms with Crippen LogP contribution in [-0.4, -0.2) is 49.3 Å². The van der Waals surface area contributed by atoms with Crippen molar-refractivity contribution in [1.29, 1.82) is 0 Å². The van der Waals surface area contributed by atoms with Crippen molar-refractivity contribution < 1.29 is 4.74 Å². The molecule has 0 aromatic carbocycles. The Balaban J connectivity index is 1.64. The van der Waals surface area contributed by atoms with Gasteiger partial charge in [0.25, 0.3) is 0 Å². The molecule has 0 bridgehead atoms. The van der Waals surface area contributed by atoms with Crippen molar-refractivity contribution in [2.24, 2.45) is 0 Å². The Bertz CT molecular complexity index is 339. The Kier molecular flexibility index (Phi) is 4.73. The van der Waals surface area contributed by atoms with Gasteiger partial charge in [-0.25, -0.2) is 0 Å². The molecule has 2 heterocycles. The summed E-state index contributed by atoms with van der Waals surface area (Å²) in [6, 6.07) is 1.96. The lowest BCUT2D eigenvalue weighted by Gasteiger charge is -2.26. The summed E-state index contributed by atoms with van der Waals surface area (Å²) in [6.45, 7) is 6.64. The summed E-state index contributed by atoms with van der Waals surface area (Å²) >= 11 is 0. The number of morpholine rings is 1. The largest absolute Gasteiger partial charge is 0.397 e. The molecule has 1 fully saturated rings. The highest BCUT2D eigenvalue weighted by atomic mass is 16.5. The molecule has 1 aromatic heterocycles. The number of rotatable bonds is 5. The number of pyridine rings is 1. The first-order valence-corrected chi connectivity index (χ1v) is 6.05. The summed E-state index contributed by atoms with van der Waals surface area (Å²) in [7, 11) is 0. The second-order valence-electron chi connectivity index (χ2n) is 4.21. The minimum absolute atomic E-state index is 0.756. The molecule has 5 heteroatoms. The second-order valence-corrected chi connectivity index (χ2v) is 4.21. The van der Waals surface area contributed by atoms with Crippen LogP contribution in [0.3, 0.4) is 0 Å². The van der Waals surface area contributed by atoms with E-state index in [2.05, 4.69) is 15.2 Å². The molecular weight excluding hydrogens is 216 g/mol. The Hall–Kier alpha value is -1.17. The van der Waals surface area contributed by atoms with Crippen LogP contribution >= 0.6 is 0 Å². The summed E-state index contributed by atoms with van der Waals surface area (Å²) < 4.78 is 5.31. The predicted octanol–water partition coefficient (Wildman–Crippen LogP) is 0.0856. The minimum atomic E-state index is 0.756. The molecule has 0 amide bonds. The molecule has 1 aromatic rings. The van der Waals surface area contributed by atoms with Gasteiger partial charge in [-0.05, 0) is 11.6 Å². The molecule has 94 valence electrons. The third-order valence-electron chi connectivity index (χ3n) is 2.97. The lowest BCUT2D eigenvalue weighted by molar-refractivity contribution is 0.0384. The maximum absolute atomic E-state index is 5.82. The molecule has 1 aliphatic heterocycles. The molecule has 0 atom stereocenters. The van der Waals surface area contributed by atoms with Crippen molar-refractivity contribution in [3.8, 4) is 0 Å². The van der Waals surface area contributed by atoms with Crippen molar-refractivity contribution in [2.45, 2.75) is 6.54 Å². The van der Waals surface area contributed by atoms with E-state index in [1.807, 2.05) is 6.07 Å². The average molecular weight is 236 g/mol. The molecular formula is C12H20N4O. The van der Waals surface area contributed by atoms with E-state index in [4.69, 9.17) is 10.5 Å². The van der Waals surface area contributed by atoms with Crippen molar-refractivity contribution in [3.63, 3.8) is 0 Å². The van der Waals surface area contributed by atoms with Gasteiger partial charge in [-0.3, -0.25) is 9.88 Å². The molecule has 1 aliphatic rings. The number of ether oxygens (including phenoxy) is 1. The third-order valence-corrected chi connectivity index (χ3v) is 2.97. The van der Waals surface area contributed by atoms with E-state index in [-0.39, 0.29) is 0 Å². The monoisotopic (exact) mass is 236 g/mol. The summed E-state index contributed by atoms with van der Waals surface area (Å²) in [4.78, 5) is 6.38. The number of nitrogen functional groups attached to an aromatic ring is 1. The molecule has 0 radical (unpaired) electrons. The van der Waals surface area contributed by atoms with E-state index in [0.717, 1.165) is 57.2 Å². The van der Waals surface area contributed by atoms with Gasteiger partial charge in [-0.1, -0.05) is 0 Å². The second kappa shape index (κ2) is 6.54. The van der Waals surface area contributed by atoms with E-state index in [9.17, 15) is 0 Å². The van der Waals surface area contributed by atoms with Gasteiger partial charge in [-0.15, -0.1) is 0 Å². The van der Waals surface area contributed by atoms with Crippen LogP contribution < -0.4 is 11.1 Å². The molecule has 0 unspecified atom stereocenters. The van der Waals surface area contributed by atoms with E-state index in [1.165, 1.54) is 0 Å². The van der Waals surface area contributed by atoms with Gasteiger partial charge < -0.3 is 15.8 Å². The molecule has 0 aliphatic carbocycles. The highest BCUT2D eigenvalue weighted by Crippen LogP contribution is 2.07. The fourth-order valence-electron chi connectivity index (χ4n) is 1.88. The fourth-order valence-corrected chi connectivity index (χ4v) is 1.88. The highest BCUT2D eigenvalue weighted by Gasteiger charge is 2.08. The van der Waals surface area contributed by atoms with E-state index in [0.29, 0.717) is 0 Å². The summed E-state index contributed by atoms with van der Waals surface area (Å²) in [5.41, 5.74) is 7.68. The van der Waals surface area contributed by atoms with Crippen molar-refractivity contribution >= 4 is 5.69 Å². The van der Waals surface area contributed by atoms with Crippen LogP contribution in [0.1, 0.15) is 5.56 Å². The third kappa shape index (κ3) is 3.96. The highest BCUT2D eigenvalue weighted by molar-refractivity contribution is 5.43. The molecule has 17 heavy (non-hydrogen) atoms. The average Bonchev–Trinajstić information content (AvgIpc) is 2.38. The summed E-state index contributed by atoms with van der Waals surface area (Å²) in [6.07, 6.45) is 3.47. The number of anilines is 1. The Morgan fingerprint density at radius 2 is 2.24 bits per heavy atom. The first-order valence-electron chi connectivity index (χ1n) is 6.05. The number of aromatic nitrogens is 1. The van der Waals surface area contributed by atoms with E-state index >= 15 is 0 Å². The molecule has 0 saturated carbocycles. The fraction of sp³-hybridized carbons (Fsp3) is 0.583. The number of hydrogen-bond acceptors (Lipinski definition) is 5.